The number of imidazole rings is 1. The Labute approximate surface area is 183 Å². The van der Waals surface area contributed by atoms with Gasteiger partial charge in [0.05, 0.1) is 0 Å². The fourth-order valence-corrected chi connectivity index (χ4v) is 5.19. The lowest BCUT2D eigenvalue weighted by atomic mass is 9.98. The van der Waals surface area contributed by atoms with Gasteiger partial charge in [0.25, 0.3) is 5.65 Å². The lowest BCUT2D eigenvalue weighted by Gasteiger charge is -2.32. The zero-order chi connectivity index (χ0) is 21.1. The third kappa shape index (κ3) is 2.98. The van der Waals surface area contributed by atoms with Crippen LogP contribution < -0.4 is 9.30 Å². The average Bonchev–Trinajstić information content (AvgIpc) is 3.18. The van der Waals surface area contributed by atoms with Gasteiger partial charge in [-0.1, -0.05) is 26.8 Å². The molecule has 2 aromatic carbocycles. The first-order valence-corrected chi connectivity index (χ1v) is 11.7. The Kier molecular flexibility index (Phi) is 4.21. The molecule has 5 aromatic rings. The highest BCUT2D eigenvalue weighted by Crippen LogP contribution is 2.28. The Morgan fingerprint density at radius 3 is 2.48 bits per heavy atom. The summed E-state index contributed by atoms with van der Waals surface area (Å²) >= 11 is 0. The fourth-order valence-electron chi connectivity index (χ4n) is 5.19. The molecule has 0 aliphatic carbocycles. The van der Waals surface area contributed by atoms with E-state index in [1.54, 1.807) is 0 Å². The number of pyridine rings is 2. The standard InChI is InChI=1S/C28H30N3/c1-19(2)21-5-9-27-22(16-21)4-7-25-18-30-26-10-8-24(29-14-12-20(3)13-15-29)17-23(26)6-11-28(30)31(25)27/h4-11,16-20H,12-15H2,1-3H3/q+1. The minimum absolute atomic E-state index is 0.539. The van der Waals surface area contributed by atoms with Gasteiger partial charge < -0.3 is 4.90 Å². The van der Waals surface area contributed by atoms with Gasteiger partial charge in [-0.05, 0) is 78.8 Å². The Morgan fingerprint density at radius 1 is 0.871 bits per heavy atom. The highest BCUT2D eigenvalue weighted by Gasteiger charge is 2.19. The number of benzene rings is 2. The molecule has 3 heteroatoms. The van der Waals surface area contributed by atoms with Gasteiger partial charge in [-0.15, -0.1) is 0 Å². The molecule has 0 unspecified atom stereocenters. The maximum absolute atomic E-state index is 2.55. The number of rotatable bonds is 2. The minimum Gasteiger partial charge on any atom is -0.371 e. The number of hydrogen-bond acceptors (Lipinski definition) is 1. The van der Waals surface area contributed by atoms with Crippen molar-refractivity contribution in [3.8, 4) is 0 Å². The summed E-state index contributed by atoms with van der Waals surface area (Å²) in [6, 6.07) is 22.9. The van der Waals surface area contributed by atoms with Crippen LogP contribution in [0.2, 0.25) is 0 Å². The first kappa shape index (κ1) is 18.7. The van der Waals surface area contributed by atoms with Crippen molar-refractivity contribution in [2.75, 3.05) is 18.0 Å². The van der Waals surface area contributed by atoms with E-state index in [0.29, 0.717) is 5.92 Å². The van der Waals surface area contributed by atoms with E-state index in [1.165, 1.54) is 70.2 Å². The van der Waals surface area contributed by atoms with Crippen molar-refractivity contribution in [1.29, 1.82) is 0 Å². The summed E-state index contributed by atoms with van der Waals surface area (Å²) in [5, 5.41) is 2.60. The normalized spacial score (nSPS) is 15.8. The van der Waals surface area contributed by atoms with E-state index in [-0.39, 0.29) is 0 Å². The number of nitrogens with zero attached hydrogens (tertiary/aromatic N) is 3. The van der Waals surface area contributed by atoms with E-state index in [4.69, 9.17) is 0 Å². The molecule has 156 valence electrons. The van der Waals surface area contributed by atoms with Crippen molar-refractivity contribution in [2.45, 2.75) is 39.5 Å². The predicted molar refractivity (Wildman–Crippen MR) is 130 cm³/mol. The van der Waals surface area contributed by atoms with Crippen LogP contribution in [0.15, 0.2) is 66.9 Å². The highest BCUT2D eigenvalue weighted by atomic mass is 15.1. The Bertz CT molecular complexity index is 1440. The van der Waals surface area contributed by atoms with E-state index in [0.717, 1.165) is 5.92 Å². The molecule has 3 aromatic heterocycles. The molecule has 0 atom stereocenters. The minimum atomic E-state index is 0.539. The van der Waals surface area contributed by atoms with E-state index < -0.39 is 0 Å². The lowest BCUT2D eigenvalue weighted by Crippen LogP contribution is -2.32. The van der Waals surface area contributed by atoms with Gasteiger partial charge in [0.1, 0.15) is 17.2 Å². The number of anilines is 1. The number of piperidine rings is 1. The zero-order valence-electron chi connectivity index (χ0n) is 18.7. The molecule has 0 saturated carbocycles. The first-order valence-electron chi connectivity index (χ1n) is 11.7. The van der Waals surface area contributed by atoms with E-state index in [1.807, 2.05) is 0 Å². The molecule has 0 radical (unpaired) electrons. The molecular weight excluding hydrogens is 378 g/mol. The van der Waals surface area contributed by atoms with Crippen molar-refractivity contribution < 1.29 is 4.40 Å². The van der Waals surface area contributed by atoms with Gasteiger partial charge in [0, 0.05) is 35.6 Å². The van der Waals surface area contributed by atoms with Crippen molar-refractivity contribution in [3.63, 3.8) is 0 Å². The van der Waals surface area contributed by atoms with Gasteiger partial charge in [-0.2, -0.15) is 8.80 Å². The summed E-state index contributed by atoms with van der Waals surface area (Å²) in [5.74, 6) is 1.39. The quantitative estimate of drug-likeness (QED) is 0.310. The van der Waals surface area contributed by atoms with Crippen LogP contribution >= 0.6 is 0 Å². The van der Waals surface area contributed by atoms with Gasteiger partial charge >= 0.3 is 0 Å². The number of hydrogen-bond donors (Lipinski definition) is 0. The van der Waals surface area contributed by atoms with Crippen LogP contribution in [-0.4, -0.2) is 17.5 Å². The third-order valence-corrected chi connectivity index (χ3v) is 7.22. The Hall–Kier alpha value is -3.07. The molecule has 4 heterocycles. The van der Waals surface area contributed by atoms with Crippen molar-refractivity contribution in [3.05, 3.63) is 72.4 Å². The molecule has 1 aliphatic rings. The van der Waals surface area contributed by atoms with Crippen LogP contribution in [0.3, 0.4) is 0 Å². The average molecular weight is 409 g/mol. The summed E-state index contributed by atoms with van der Waals surface area (Å²) < 4.78 is 4.74. The first-order chi connectivity index (χ1) is 15.1. The SMILES string of the molecule is CC1CCN(c2ccc3c(ccc4n5c(ccc6cc(C(C)C)ccc65)c[n+]34)c2)CC1. The molecule has 1 saturated heterocycles. The van der Waals surface area contributed by atoms with Gasteiger partial charge in [0.2, 0.25) is 0 Å². The van der Waals surface area contributed by atoms with Crippen molar-refractivity contribution in [1.82, 2.24) is 4.40 Å². The molecule has 0 bridgehead atoms. The molecule has 3 nitrogen and oxygen atoms in total. The zero-order valence-corrected chi connectivity index (χ0v) is 18.7. The van der Waals surface area contributed by atoms with Crippen LogP contribution in [0.5, 0.6) is 0 Å². The molecule has 0 amide bonds. The van der Waals surface area contributed by atoms with Crippen LogP contribution in [-0.2, 0) is 0 Å². The second-order valence-electron chi connectivity index (χ2n) is 9.67. The van der Waals surface area contributed by atoms with E-state index >= 15 is 0 Å². The van der Waals surface area contributed by atoms with E-state index in [9.17, 15) is 0 Å². The maximum Gasteiger partial charge on any atom is 0.292 e. The lowest BCUT2D eigenvalue weighted by molar-refractivity contribution is -0.479. The predicted octanol–water partition coefficient (Wildman–Crippen LogP) is 6.34. The molecule has 0 N–H and O–H groups in total. The molecule has 1 fully saturated rings. The summed E-state index contributed by atoms with van der Waals surface area (Å²) in [4.78, 5) is 2.55. The van der Waals surface area contributed by atoms with Gasteiger partial charge in [0.15, 0.2) is 5.52 Å². The Morgan fingerprint density at radius 2 is 1.68 bits per heavy atom. The summed E-state index contributed by atoms with van der Waals surface area (Å²) in [6.45, 7) is 9.22. The second-order valence-corrected chi connectivity index (χ2v) is 9.67. The van der Waals surface area contributed by atoms with Crippen LogP contribution in [0.25, 0.3) is 33.0 Å². The van der Waals surface area contributed by atoms with Gasteiger partial charge in [-0.3, -0.25) is 0 Å². The van der Waals surface area contributed by atoms with Crippen molar-refractivity contribution >= 4 is 38.7 Å². The number of fused-ring (bicyclic) bond motifs is 7. The van der Waals surface area contributed by atoms with Gasteiger partial charge in [-0.25, -0.2) is 0 Å². The summed E-state index contributed by atoms with van der Waals surface area (Å²) in [7, 11) is 0. The molecule has 31 heavy (non-hydrogen) atoms. The highest BCUT2D eigenvalue weighted by molar-refractivity contribution is 5.87. The fraction of sp³-hybridized carbons (Fsp3) is 0.321. The van der Waals surface area contributed by atoms with Crippen LogP contribution in [0.1, 0.15) is 45.1 Å². The summed E-state index contributed by atoms with van der Waals surface area (Å²) in [5.41, 5.74) is 7.72. The summed E-state index contributed by atoms with van der Waals surface area (Å²) in [6.07, 6.45) is 4.86. The topological polar surface area (TPSA) is 11.8 Å². The second kappa shape index (κ2) is 6.98. The van der Waals surface area contributed by atoms with Crippen LogP contribution in [0.4, 0.5) is 5.69 Å². The van der Waals surface area contributed by atoms with Crippen molar-refractivity contribution in [2.24, 2.45) is 5.92 Å². The molecule has 1 aliphatic heterocycles. The number of aromatic nitrogens is 2. The third-order valence-electron chi connectivity index (χ3n) is 7.22. The molecule has 6 rings (SSSR count). The maximum atomic E-state index is 2.55. The largest absolute Gasteiger partial charge is 0.371 e. The van der Waals surface area contributed by atoms with Crippen LogP contribution in [0, 0.1) is 5.92 Å². The Balaban J connectivity index is 1.52. The monoisotopic (exact) mass is 408 g/mol. The van der Waals surface area contributed by atoms with E-state index in [2.05, 4.69) is 101 Å². The molecule has 0 spiro atoms. The molecular formula is C28H30N3+. The smallest absolute Gasteiger partial charge is 0.292 e.